The molecule has 2 aliphatic rings. The summed E-state index contributed by atoms with van der Waals surface area (Å²) in [7, 11) is 0. The second-order valence-electron chi connectivity index (χ2n) is 7.39. The zero-order valence-corrected chi connectivity index (χ0v) is 16.6. The van der Waals surface area contributed by atoms with Gasteiger partial charge in [0.05, 0.1) is 19.8 Å². The minimum Gasteiger partial charge on any atom is -0.492 e. The molecule has 0 saturated carbocycles. The number of carbonyl (C=O) groups excluding carboxylic acids is 2. The molecule has 1 N–H and O–H groups in total. The quantitative estimate of drug-likeness (QED) is 0.787. The molecule has 2 aliphatic heterocycles. The van der Waals surface area contributed by atoms with Crippen LogP contribution in [0.4, 0.5) is 4.79 Å². The molecule has 0 bridgehead atoms. The number of nitrogens with one attached hydrogen (secondary N) is 1. The first-order valence-corrected chi connectivity index (χ1v) is 9.71. The van der Waals surface area contributed by atoms with Crippen LogP contribution >= 0.6 is 0 Å². The summed E-state index contributed by atoms with van der Waals surface area (Å²) in [4.78, 5) is 26.8. The second-order valence-corrected chi connectivity index (χ2v) is 7.39. The molecular weight excluding hydrogens is 372 g/mol. The van der Waals surface area contributed by atoms with E-state index < -0.39 is 11.6 Å². The Morgan fingerprint density at radius 3 is 2.55 bits per heavy atom. The van der Waals surface area contributed by atoms with Crippen molar-refractivity contribution in [1.29, 1.82) is 0 Å². The molecule has 3 amide bonds. The molecule has 29 heavy (non-hydrogen) atoms. The summed E-state index contributed by atoms with van der Waals surface area (Å²) >= 11 is 0. The van der Waals surface area contributed by atoms with Gasteiger partial charge in [-0.2, -0.15) is 0 Å². The minimum atomic E-state index is -1.16. The van der Waals surface area contributed by atoms with E-state index >= 15 is 0 Å². The van der Waals surface area contributed by atoms with Gasteiger partial charge in [0.1, 0.15) is 17.9 Å². The molecule has 2 aromatic carbocycles. The smallest absolute Gasteiger partial charge is 0.325 e. The summed E-state index contributed by atoms with van der Waals surface area (Å²) < 4.78 is 17.0. The molecule has 0 aromatic heterocycles. The summed E-state index contributed by atoms with van der Waals surface area (Å²) in [5, 5.41) is 2.81. The van der Waals surface area contributed by atoms with Crippen LogP contribution in [-0.2, 0) is 10.3 Å². The number of amides is 3. The van der Waals surface area contributed by atoms with Crippen LogP contribution in [0.25, 0.3) is 0 Å². The maximum atomic E-state index is 13.1. The first kappa shape index (κ1) is 19.1. The van der Waals surface area contributed by atoms with Crippen molar-refractivity contribution in [2.45, 2.75) is 25.8 Å². The normalized spacial score (nSPS) is 21.0. The monoisotopic (exact) mass is 396 g/mol. The number of aryl methyl sites for hydroxylation is 1. The van der Waals surface area contributed by atoms with E-state index in [1.165, 1.54) is 4.90 Å². The lowest BCUT2D eigenvalue weighted by Gasteiger charge is -2.23. The van der Waals surface area contributed by atoms with Crippen molar-refractivity contribution in [3.05, 3.63) is 53.6 Å². The molecule has 4 rings (SSSR count). The number of nitrogens with zero attached hydrogens (tertiary/aromatic N) is 1. The van der Waals surface area contributed by atoms with E-state index in [2.05, 4.69) is 5.32 Å². The number of hydrogen-bond donors (Lipinski definition) is 1. The Hall–Kier alpha value is -3.22. The maximum absolute atomic E-state index is 13.1. The number of urea groups is 1. The van der Waals surface area contributed by atoms with Gasteiger partial charge in [-0.25, -0.2) is 4.79 Å². The molecule has 1 unspecified atom stereocenters. The topological polar surface area (TPSA) is 77.1 Å². The number of rotatable bonds is 5. The third-order valence-corrected chi connectivity index (χ3v) is 5.20. The molecule has 2 aromatic rings. The van der Waals surface area contributed by atoms with Crippen LogP contribution in [0.5, 0.6) is 17.2 Å². The van der Waals surface area contributed by atoms with E-state index in [0.29, 0.717) is 36.0 Å². The number of benzene rings is 2. The third-order valence-electron chi connectivity index (χ3n) is 5.20. The van der Waals surface area contributed by atoms with E-state index in [9.17, 15) is 9.59 Å². The first-order chi connectivity index (χ1) is 14.0. The van der Waals surface area contributed by atoms with E-state index in [0.717, 1.165) is 12.0 Å². The van der Waals surface area contributed by atoms with Crippen LogP contribution < -0.4 is 19.5 Å². The van der Waals surface area contributed by atoms with Gasteiger partial charge in [-0.1, -0.05) is 23.8 Å². The number of fused-ring (bicyclic) bond motifs is 1. The molecule has 0 spiro atoms. The lowest BCUT2D eigenvalue weighted by molar-refractivity contribution is -0.131. The second kappa shape index (κ2) is 7.66. The molecule has 1 saturated heterocycles. The van der Waals surface area contributed by atoms with Gasteiger partial charge in [0.15, 0.2) is 11.5 Å². The van der Waals surface area contributed by atoms with Gasteiger partial charge in [-0.05, 0) is 43.7 Å². The molecule has 7 nitrogen and oxygen atoms in total. The van der Waals surface area contributed by atoms with Gasteiger partial charge < -0.3 is 19.5 Å². The largest absolute Gasteiger partial charge is 0.492 e. The number of imide groups is 1. The average molecular weight is 396 g/mol. The zero-order valence-electron chi connectivity index (χ0n) is 16.6. The third kappa shape index (κ3) is 3.72. The molecule has 0 aliphatic carbocycles. The van der Waals surface area contributed by atoms with Crippen LogP contribution in [0.3, 0.4) is 0 Å². The van der Waals surface area contributed by atoms with Gasteiger partial charge in [0.25, 0.3) is 5.91 Å². The van der Waals surface area contributed by atoms with Crippen molar-refractivity contribution in [2.24, 2.45) is 0 Å². The highest BCUT2D eigenvalue weighted by molar-refractivity contribution is 6.07. The molecule has 2 heterocycles. The SMILES string of the molecule is Cc1ccc(OCCN2C(=O)NC(C)(c3ccc4c(c3)OCCCO4)C2=O)cc1. The fraction of sp³-hybridized carbons (Fsp3) is 0.364. The van der Waals surface area contributed by atoms with Gasteiger partial charge in [0, 0.05) is 6.42 Å². The molecular formula is C22H24N2O5. The summed E-state index contributed by atoms with van der Waals surface area (Å²) in [6, 6.07) is 12.5. The van der Waals surface area contributed by atoms with Gasteiger partial charge >= 0.3 is 6.03 Å². The highest BCUT2D eigenvalue weighted by Gasteiger charge is 2.49. The molecule has 152 valence electrons. The maximum Gasteiger partial charge on any atom is 0.325 e. The van der Waals surface area contributed by atoms with Crippen molar-refractivity contribution < 1.29 is 23.8 Å². The first-order valence-electron chi connectivity index (χ1n) is 9.71. The number of ether oxygens (including phenoxy) is 3. The molecule has 1 fully saturated rings. The van der Waals surface area contributed by atoms with Crippen molar-refractivity contribution in [3.8, 4) is 17.2 Å². The Labute approximate surface area is 169 Å². The summed E-state index contributed by atoms with van der Waals surface area (Å²) in [6.45, 7) is 5.23. The Morgan fingerprint density at radius 2 is 1.79 bits per heavy atom. The Morgan fingerprint density at radius 1 is 1.07 bits per heavy atom. The van der Waals surface area contributed by atoms with E-state index in [1.807, 2.05) is 31.2 Å². The van der Waals surface area contributed by atoms with Gasteiger partial charge in [0.2, 0.25) is 0 Å². The van der Waals surface area contributed by atoms with E-state index in [4.69, 9.17) is 14.2 Å². The molecule has 0 radical (unpaired) electrons. The fourth-order valence-electron chi connectivity index (χ4n) is 3.46. The fourth-order valence-corrected chi connectivity index (χ4v) is 3.46. The number of hydrogen-bond acceptors (Lipinski definition) is 5. The summed E-state index contributed by atoms with van der Waals surface area (Å²) in [5.74, 6) is 1.62. The van der Waals surface area contributed by atoms with Crippen LogP contribution in [0.2, 0.25) is 0 Å². The average Bonchev–Trinajstić information content (AvgIpc) is 2.87. The van der Waals surface area contributed by atoms with Crippen LogP contribution in [0.1, 0.15) is 24.5 Å². The lowest BCUT2D eigenvalue weighted by Crippen LogP contribution is -2.41. The van der Waals surface area contributed by atoms with Gasteiger partial charge in [-0.3, -0.25) is 9.69 Å². The molecule has 1 atom stereocenters. The Balaban J connectivity index is 1.46. The highest BCUT2D eigenvalue weighted by atomic mass is 16.5. The predicted octanol–water partition coefficient (Wildman–Crippen LogP) is 3.00. The molecule has 7 heteroatoms. The summed E-state index contributed by atoms with van der Waals surface area (Å²) in [5.41, 5.74) is 0.630. The van der Waals surface area contributed by atoms with Crippen LogP contribution in [0.15, 0.2) is 42.5 Å². The standard InChI is InChI=1S/C22H24N2O5/c1-15-4-7-17(8-5-15)27-13-10-24-20(25)22(2,23-21(24)26)16-6-9-18-19(14-16)29-12-3-11-28-18/h4-9,14H,3,10-13H2,1-2H3,(H,23,26). The Bertz CT molecular complexity index is 927. The van der Waals surface area contributed by atoms with E-state index in [-0.39, 0.29) is 19.1 Å². The van der Waals surface area contributed by atoms with Crippen LogP contribution in [0, 0.1) is 6.92 Å². The van der Waals surface area contributed by atoms with Crippen molar-refractivity contribution in [2.75, 3.05) is 26.4 Å². The van der Waals surface area contributed by atoms with Crippen molar-refractivity contribution in [3.63, 3.8) is 0 Å². The zero-order chi connectivity index (χ0) is 20.4. The summed E-state index contributed by atoms with van der Waals surface area (Å²) in [6.07, 6.45) is 0.797. The minimum absolute atomic E-state index is 0.165. The Kier molecular flexibility index (Phi) is 5.05. The van der Waals surface area contributed by atoms with Crippen LogP contribution in [-0.4, -0.2) is 43.2 Å². The van der Waals surface area contributed by atoms with Crippen molar-refractivity contribution in [1.82, 2.24) is 10.2 Å². The number of carbonyl (C=O) groups is 2. The van der Waals surface area contributed by atoms with Gasteiger partial charge in [-0.15, -0.1) is 0 Å². The highest BCUT2D eigenvalue weighted by Crippen LogP contribution is 2.36. The lowest BCUT2D eigenvalue weighted by atomic mass is 9.91. The van der Waals surface area contributed by atoms with Crippen molar-refractivity contribution >= 4 is 11.9 Å². The van der Waals surface area contributed by atoms with E-state index in [1.54, 1.807) is 25.1 Å². The predicted molar refractivity (Wildman–Crippen MR) is 106 cm³/mol.